The molecule has 0 saturated heterocycles. The molecule has 0 fully saturated rings. The highest BCUT2D eigenvalue weighted by Crippen LogP contribution is 1.98. The summed E-state index contributed by atoms with van der Waals surface area (Å²) >= 11 is 0. The fraction of sp³-hybridized carbons (Fsp3) is 0.600. The van der Waals surface area contributed by atoms with Gasteiger partial charge < -0.3 is 5.11 Å². The molecule has 0 amide bonds. The molecule has 1 rings (SSSR count). The third-order valence-electron chi connectivity index (χ3n) is 1.96. The number of hydrogen-bond acceptors (Lipinski definition) is 4. The number of aromatic nitrogens is 2. The van der Waals surface area contributed by atoms with Gasteiger partial charge >= 0.3 is 0 Å². The van der Waals surface area contributed by atoms with E-state index in [-0.39, 0.29) is 6.10 Å². The van der Waals surface area contributed by atoms with E-state index in [0.717, 1.165) is 25.3 Å². The summed E-state index contributed by atoms with van der Waals surface area (Å²) in [5.41, 5.74) is 0. The summed E-state index contributed by atoms with van der Waals surface area (Å²) in [5.74, 6) is 0.820. The first-order chi connectivity index (χ1) is 6.68. The van der Waals surface area contributed by atoms with Crippen LogP contribution in [0.1, 0.15) is 19.2 Å². The van der Waals surface area contributed by atoms with Gasteiger partial charge in [0.1, 0.15) is 5.82 Å². The summed E-state index contributed by atoms with van der Waals surface area (Å²) in [6.45, 7) is 3.39. The van der Waals surface area contributed by atoms with Gasteiger partial charge in [-0.25, -0.2) is 9.97 Å². The van der Waals surface area contributed by atoms with Crippen molar-refractivity contribution < 1.29 is 5.11 Å². The monoisotopic (exact) mass is 195 g/mol. The Kier molecular flexibility index (Phi) is 4.49. The molecule has 0 aliphatic heterocycles. The number of rotatable bonds is 5. The smallest absolute Gasteiger partial charge is 0.142 e. The van der Waals surface area contributed by atoms with Crippen molar-refractivity contribution in [2.75, 3.05) is 13.6 Å². The molecule has 4 heteroatoms. The number of nitrogens with zero attached hydrogens (tertiary/aromatic N) is 3. The minimum Gasteiger partial charge on any atom is -0.393 e. The zero-order valence-electron chi connectivity index (χ0n) is 8.72. The molecular weight excluding hydrogens is 178 g/mol. The maximum atomic E-state index is 9.11. The number of aliphatic hydroxyl groups is 1. The first kappa shape index (κ1) is 11.1. The SMILES string of the molecule is CC(O)CCN(C)Cc1ncccn1. The largest absolute Gasteiger partial charge is 0.393 e. The molecule has 0 saturated carbocycles. The third kappa shape index (κ3) is 4.30. The molecule has 0 bridgehead atoms. The molecule has 0 aliphatic carbocycles. The zero-order chi connectivity index (χ0) is 10.4. The van der Waals surface area contributed by atoms with Crippen LogP contribution in [0.2, 0.25) is 0 Å². The zero-order valence-corrected chi connectivity index (χ0v) is 8.72. The van der Waals surface area contributed by atoms with Gasteiger partial charge in [0, 0.05) is 18.9 Å². The first-order valence-corrected chi connectivity index (χ1v) is 4.81. The van der Waals surface area contributed by atoms with Crippen molar-refractivity contribution in [2.45, 2.75) is 26.0 Å². The summed E-state index contributed by atoms with van der Waals surface area (Å²) in [7, 11) is 2.00. The Labute approximate surface area is 84.6 Å². The Bertz CT molecular complexity index is 251. The van der Waals surface area contributed by atoms with Gasteiger partial charge in [-0.3, -0.25) is 4.90 Å². The van der Waals surface area contributed by atoms with Crippen LogP contribution >= 0.6 is 0 Å². The normalized spacial score (nSPS) is 13.1. The molecule has 1 aromatic heterocycles. The van der Waals surface area contributed by atoms with Crippen LogP contribution in [0.3, 0.4) is 0 Å². The Morgan fingerprint density at radius 3 is 2.64 bits per heavy atom. The number of hydrogen-bond donors (Lipinski definition) is 1. The molecule has 0 spiro atoms. The van der Waals surface area contributed by atoms with Gasteiger partial charge in [-0.1, -0.05) is 0 Å². The molecule has 0 aromatic carbocycles. The van der Waals surface area contributed by atoms with Crippen LogP contribution in [0.4, 0.5) is 0 Å². The predicted octanol–water partition coefficient (Wildman–Crippen LogP) is 0.679. The minimum atomic E-state index is -0.242. The molecule has 4 nitrogen and oxygen atoms in total. The predicted molar refractivity (Wildman–Crippen MR) is 54.7 cm³/mol. The van der Waals surface area contributed by atoms with Crippen LogP contribution in [0.25, 0.3) is 0 Å². The lowest BCUT2D eigenvalue weighted by Crippen LogP contribution is -2.23. The molecule has 78 valence electrons. The number of aliphatic hydroxyl groups excluding tert-OH is 1. The van der Waals surface area contributed by atoms with Gasteiger partial charge in [0.15, 0.2) is 0 Å². The maximum absolute atomic E-state index is 9.11. The lowest BCUT2D eigenvalue weighted by Gasteiger charge is -2.16. The van der Waals surface area contributed by atoms with Gasteiger partial charge in [0.25, 0.3) is 0 Å². The standard InChI is InChI=1S/C10H17N3O/c1-9(14)4-7-13(2)8-10-11-5-3-6-12-10/h3,5-6,9,14H,4,7-8H2,1-2H3. The maximum Gasteiger partial charge on any atom is 0.142 e. The van der Waals surface area contributed by atoms with Crippen molar-refractivity contribution in [3.05, 3.63) is 24.3 Å². The van der Waals surface area contributed by atoms with Gasteiger partial charge in [-0.05, 0) is 26.5 Å². The summed E-state index contributed by atoms with van der Waals surface area (Å²) in [4.78, 5) is 10.4. The van der Waals surface area contributed by atoms with Crippen LogP contribution in [0.5, 0.6) is 0 Å². The Balaban J connectivity index is 2.30. The van der Waals surface area contributed by atoms with Gasteiger partial charge in [0.2, 0.25) is 0 Å². The highest BCUT2D eigenvalue weighted by molar-refractivity contribution is 4.87. The highest BCUT2D eigenvalue weighted by Gasteiger charge is 2.03. The lowest BCUT2D eigenvalue weighted by atomic mass is 10.3. The van der Waals surface area contributed by atoms with Crippen molar-refractivity contribution in [3.63, 3.8) is 0 Å². The minimum absolute atomic E-state index is 0.242. The molecule has 1 heterocycles. The molecular formula is C10H17N3O. The highest BCUT2D eigenvalue weighted by atomic mass is 16.3. The van der Waals surface area contributed by atoms with Crippen molar-refractivity contribution >= 4 is 0 Å². The molecule has 1 aromatic rings. The Morgan fingerprint density at radius 1 is 1.43 bits per heavy atom. The van der Waals surface area contributed by atoms with E-state index in [9.17, 15) is 0 Å². The molecule has 14 heavy (non-hydrogen) atoms. The quantitative estimate of drug-likeness (QED) is 0.750. The molecule has 1 N–H and O–H groups in total. The van der Waals surface area contributed by atoms with Crippen molar-refractivity contribution in [3.8, 4) is 0 Å². The van der Waals surface area contributed by atoms with E-state index in [2.05, 4.69) is 14.9 Å². The van der Waals surface area contributed by atoms with E-state index in [1.165, 1.54) is 0 Å². The van der Waals surface area contributed by atoms with Crippen molar-refractivity contribution in [1.29, 1.82) is 0 Å². The second-order valence-electron chi connectivity index (χ2n) is 3.54. The third-order valence-corrected chi connectivity index (χ3v) is 1.96. The molecule has 1 atom stereocenters. The summed E-state index contributed by atoms with van der Waals surface area (Å²) in [6, 6.07) is 1.80. The van der Waals surface area contributed by atoms with Crippen LogP contribution in [0.15, 0.2) is 18.5 Å². The van der Waals surface area contributed by atoms with E-state index in [0.29, 0.717) is 0 Å². The summed E-state index contributed by atoms with van der Waals surface area (Å²) in [5, 5.41) is 9.11. The van der Waals surface area contributed by atoms with E-state index in [1.807, 2.05) is 7.05 Å². The summed E-state index contributed by atoms with van der Waals surface area (Å²) in [6.07, 6.45) is 4.02. The fourth-order valence-electron chi connectivity index (χ4n) is 1.14. The average molecular weight is 195 g/mol. The van der Waals surface area contributed by atoms with E-state index < -0.39 is 0 Å². The van der Waals surface area contributed by atoms with Crippen LogP contribution < -0.4 is 0 Å². The van der Waals surface area contributed by atoms with Crippen LogP contribution in [0, 0.1) is 0 Å². The second-order valence-corrected chi connectivity index (χ2v) is 3.54. The second kappa shape index (κ2) is 5.67. The summed E-state index contributed by atoms with van der Waals surface area (Å²) < 4.78 is 0. The van der Waals surface area contributed by atoms with Crippen molar-refractivity contribution in [1.82, 2.24) is 14.9 Å². The van der Waals surface area contributed by atoms with E-state index in [1.54, 1.807) is 25.4 Å². The van der Waals surface area contributed by atoms with E-state index >= 15 is 0 Å². The Hall–Kier alpha value is -1.00. The van der Waals surface area contributed by atoms with Gasteiger partial charge in [-0.2, -0.15) is 0 Å². The van der Waals surface area contributed by atoms with E-state index in [4.69, 9.17) is 5.11 Å². The van der Waals surface area contributed by atoms with Crippen LogP contribution in [-0.2, 0) is 6.54 Å². The van der Waals surface area contributed by atoms with Gasteiger partial charge in [0.05, 0.1) is 12.6 Å². The van der Waals surface area contributed by atoms with Gasteiger partial charge in [-0.15, -0.1) is 0 Å². The van der Waals surface area contributed by atoms with Crippen molar-refractivity contribution in [2.24, 2.45) is 0 Å². The average Bonchev–Trinajstić information content (AvgIpc) is 2.16. The topological polar surface area (TPSA) is 49.2 Å². The fourth-order valence-corrected chi connectivity index (χ4v) is 1.14. The lowest BCUT2D eigenvalue weighted by molar-refractivity contribution is 0.162. The van der Waals surface area contributed by atoms with Crippen LogP contribution in [-0.4, -0.2) is 39.7 Å². The molecule has 0 aliphatic rings. The molecule has 1 unspecified atom stereocenters. The first-order valence-electron chi connectivity index (χ1n) is 4.81. The molecule has 0 radical (unpaired) electrons. The Morgan fingerprint density at radius 2 is 2.07 bits per heavy atom.